The molecule has 0 aliphatic carbocycles. The lowest BCUT2D eigenvalue weighted by Crippen LogP contribution is -1.94. The summed E-state index contributed by atoms with van der Waals surface area (Å²) in [5, 5.41) is 14.9. The van der Waals surface area contributed by atoms with Gasteiger partial charge in [0.05, 0.1) is 24.1 Å². The summed E-state index contributed by atoms with van der Waals surface area (Å²) in [6.45, 7) is 4.83. The van der Waals surface area contributed by atoms with Gasteiger partial charge in [0.25, 0.3) is 0 Å². The van der Waals surface area contributed by atoms with E-state index in [2.05, 4.69) is 15.5 Å². The molecule has 0 aliphatic rings. The number of furan rings is 2. The summed E-state index contributed by atoms with van der Waals surface area (Å²) in [4.78, 5) is 0. The molecule has 0 aliphatic heterocycles. The van der Waals surface area contributed by atoms with Crippen LogP contribution in [0.5, 0.6) is 5.75 Å². The normalized spacial score (nSPS) is 11.4. The summed E-state index contributed by atoms with van der Waals surface area (Å²) in [5.74, 6) is 1.47. The first-order valence-electron chi connectivity index (χ1n) is 7.28. The minimum Gasteiger partial charge on any atom is -0.495 e. The van der Waals surface area contributed by atoms with Gasteiger partial charge in [-0.2, -0.15) is 0 Å². The van der Waals surface area contributed by atoms with E-state index in [9.17, 15) is 0 Å². The maximum atomic E-state index is 6.04. The maximum Gasteiger partial charge on any atom is 0.206 e. The van der Waals surface area contributed by atoms with Crippen molar-refractivity contribution in [1.82, 2.24) is 10.2 Å². The predicted molar refractivity (Wildman–Crippen MR) is 90.3 cm³/mol. The molecule has 23 heavy (non-hydrogen) atoms. The summed E-state index contributed by atoms with van der Waals surface area (Å²) in [6.07, 6.45) is 1.65. The quantitative estimate of drug-likeness (QED) is 0.596. The van der Waals surface area contributed by atoms with Gasteiger partial charge in [-0.3, -0.25) is 0 Å². The second-order valence-corrected chi connectivity index (χ2v) is 6.09. The first-order valence-corrected chi connectivity index (χ1v) is 8.09. The van der Waals surface area contributed by atoms with Gasteiger partial charge >= 0.3 is 0 Å². The molecule has 1 aromatic carbocycles. The number of nitrogens with one attached hydrogen (secondary N) is 1. The molecule has 0 saturated carbocycles. The second-order valence-electron chi connectivity index (χ2n) is 5.11. The summed E-state index contributed by atoms with van der Waals surface area (Å²) in [7, 11) is 1.65. The van der Waals surface area contributed by atoms with E-state index in [1.54, 1.807) is 13.4 Å². The summed E-state index contributed by atoms with van der Waals surface area (Å²) < 4.78 is 17.1. The first-order chi connectivity index (χ1) is 11.2. The molecule has 3 aromatic heterocycles. The molecule has 3 heterocycles. The van der Waals surface area contributed by atoms with Crippen molar-refractivity contribution >= 4 is 38.4 Å². The topological polar surface area (TPSA) is 73.3 Å². The van der Waals surface area contributed by atoms with E-state index in [-0.39, 0.29) is 0 Å². The van der Waals surface area contributed by atoms with Crippen LogP contribution in [0.15, 0.2) is 27.2 Å². The molecule has 0 spiro atoms. The number of fused-ring (bicyclic) bond motifs is 2. The van der Waals surface area contributed by atoms with Gasteiger partial charge in [-0.15, -0.1) is 10.2 Å². The van der Waals surface area contributed by atoms with Crippen molar-refractivity contribution in [1.29, 1.82) is 0 Å². The summed E-state index contributed by atoms with van der Waals surface area (Å²) in [5.41, 5.74) is 2.44. The average Bonchev–Trinajstić information content (AvgIpc) is 3.25. The number of aryl methyl sites for hydroxylation is 1. The van der Waals surface area contributed by atoms with Gasteiger partial charge < -0.3 is 18.9 Å². The van der Waals surface area contributed by atoms with Crippen molar-refractivity contribution in [2.24, 2.45) is 0 Å². The highest BCUT2D eigenvalue weighted by Crippen LogP contribution is 2.43. The Bertz CT molecular complexity index is 999. The smallest absolute Gasteiger partial charge is 0.206 e. The Morgan fingerprint density at radius 1 is 1.30 bits per heavy atom. The van der Waals surface area contributed by atoms with Crippen LogP contribution < -0.4 is 10.1 Å². The van der Waals surface area contributed by atoms with Gasteiger partial charge in [-0.1, -0.05) is 11.3 Å². The molecule has 0 saturated heterocycles. The largest absolute Gasteiger partial charge is 0.495 e. The lowest BCUT2D eigenvalue weighted by molar-refractivity contribution is 0.424. The molecule has 0 unspecified atom stereocenters. The van der Waals surface area contributed by atoms with Crippen LogP contribution in [0.1, 0.15) is 12.5 Å². The minimum absolute atomic E-state index is 0.715. The lowest BCUT2D eigenvalue weighted by atomic mass is 10.1. The number of hydrogen-bond acceptors (Lipinski definition) is 7. The van der Waals surface area contributed by atoms with Gasteiger partial charge in [-0.05, 0) is 19.9 Å². The number of hydrogen-bond donors (Lipinski definition) is 1. The Balaban J connectivity index is 1.96. The van der Waals surface area contributed by atoms with Crippen LogP contribution in [0, 0.1) is 6.92 Å². The Morgan fingerprint density at radius 3 is 2.96 bits per heavy atom. The van der Waals surface area contributed by atoms with Crippen molar-refractivity contribution < 1.29 is 13.6 Å². The fourth-order valence-corrected chi connectivity index (χ4v) is 3.60. The standard InChI is InChI=1S/C16H15N3O3S/c1-4-17-16-19-18-15(23-16)13-8(2)12-11(22-13)7-10-9(5-6-21-10)14(12)20-3/h5-7H,4H2,1-3H3,(H,17,19). The van der Waals surface area contributed by atoms with Crippen LogP contribution in [-0.4, -0.2) is 23.9 Å². The van der Waals surface area contributed by atoms with Crippen molar-refractivity contribution in [3.63, 3.8) is 0 Å². The van der Waals surface area contributed by atoms with E-state index in [4.69, 9.17) is 13.6 Å². The molecular formula is C16H15N3O3S. The highest BCUT2D eigenvalue weighted by atomic mass is 32.1. The van der Waals surface area contributed by atoms with Crippen LogP contribution in [0.2, 0.25) is 0 Å². The second kappa shape index (κ2) is 5.27. The van der Waals surface area contributed by atoms with E-state index in [0.717, 1.165) is 49.9 Å². The monoisotopic (exact) mass is 329 g/mol. The summed E-state index contributed by atoms with van der Waals surface area (Å²) in [6, 6.07) is 3.78. The molecule has 0 amide bonds. The molecule has 4 aromatic rings. The molecule has 0 bridgehead atoms. The molecule has 1 N–H and O–H groups in total. The molecular weight excluding hydrogens is 314 g/mol. The van der Waals surface area contributed by atoms with Crippen molar-refractivity contribution in [3.05, 3.63) is 24.0 Å². The third-order valence-electron chi connectivity index (χ3n) is 3.75. The maximum absolute atomic E-state index is 6.04. The van der Waals surface area contributed by atoms with E-state index in [1.165, 1.54) is 11.3 Å². The fraction of sp³-hybridized carbons (Fsp3) is 0.250. The Labute approximate surface area is 136 Å². The molecule has 0 fully saturated rings. The average molecular weight is 329 g/mol. The molecule has 4 rings (SSSR count). The minimum atomic E-state index is 0.715. The van der Waals surface area contributed by atoms with E-state index in [1.807, 2.05) is 26.0 Å². The van der Waals surface area contributed by atoms with Crippen LogP contribution >= 0.6 is 11.3 Å². The zero-order valence-electron chi connectivity index (χ0n) is 13.0. The van der Waals surface area contributed by atoms with Gasteiger partial charge in [0.2, 0.25) is 5.13 Å². The number of rotatable bonds is 4. The van der Waals surface area contributed by atoms with E-state index >= 15 is 0 Å². The van der Waals surface area contributed by atoms with Crippen molar-refractivity contribution in [3.8, 4) is 16.5 Å². The highest BCUT2D eigenvalue weighted by molar-refractivity contribution is 7.18. The third kappa shape index (κ3) is 2.08. The number of methoxy groups -OCH3 is 1. The Morgan fingerprint density at radius 2 is 2.17 bits per heavy atom. The Kier molecular flexibility index (Phi) is 3.23. The van der Waals surface area contributed by atoms with Crippen LogP contribution in [0.3, 0.4) is 0 Å². The number of nitrogens with zero attached hydrogens (tertiary/aromatic N) is 2. The predicted octanol–water partition coefficient (Wildman–Crippen LogP) is 4.45. The van der Waals surface area contributed by atoms with Crippen LogP contribution in [0.4, 0.5) is 5.13 Å². The van der Waals surface area contributed by atoms with Gasteiger partial charge in [0.15, 0.2) is 10.8 Å². The van der Waals surface area contributed by atoms with Crippen molar-refractivity contribution in [2.45, 2.75) is 13.8 Å². The molecule has 6 nitrogen and oxygen atoms in total. The van der Waals surface area contributed by atoms with Gasteiger partial charge in [0.1, 0.15) is 16.9 Å². The fourth-order valence-electron chi connectivity index (χ4n) is 2.75. The number of anilines is 1. The van der Waals surface area contributed by atoms with E-state index < -0.39 is 0 Å². The first kappa shape index (κ1) is 14.1. The Hall–Kier alpha value is -2.54. The SMILES string of the molecule is CCNc1nnc(-c2oc3cc4occc4c(OC)c3c2C)s1. The number of benzene rings is 1. The highest BCUT2D eigenvalue weighted by Gasteiger charge is 2.22. The molecule has 0 atom stereocenters. The van der Waals surface area contributed by atoms with Crippen LogP contribution in [0.25, 0.3) is 32.7 Å². The van der Waals surface area contributed by atoms with Gasteiger partial charge in [0, 0.05) is 18.2 Å². The van der Waals surface area contributed by atoms with Gasteiger partial charge in [-0.25, -0.2) is 0 Å². The molecule has 0 radical (unpaired) electrons. The van der Waals surface area contributed by atoms with E-state index in [0.29, 0.717) is 5.76 Å². The zero-order chi connectivity index (χ0) is 16.0. The van der Waals surface area contributed by atoms with Crippen LogP contribution in [-0.2, 0) is 0 Å². The van der Waals surface area contributed by atoms with Crippen molar-refractivity contribution in [2.75, 3.05) is 19.0 Å². The lowest BCUT2D eigenvalue weighted by Gasteiger charge is -2.03. The molecule has 7 heteroatoms. The summed E-state index contributed by atoms with van der Waals surface area (Å²) >= 11 is 1.47. The molecule has 118 valence electrons. The number of aromatic nitrogens is 2. The number of ether oxygens (including phenoxy) is 1. The zero-order valence-corrected chi connectivity index (χ0v) is 13.8. The third-order valence-corrected chi connectivity index (χ3v) is 4.63.